The molecule has 0 atom stereocenters. The van der Waals surface area contributed by atoms with Crippen LogP contribution in [0.25, 0.3) is 11.0 Å². The van der Waals surface area contributed by atoms with Crippen LogP contribution in [-0.4, -0.2) is 45.9 Å². The van der Waals surface area contributed by atoms with Gasteiger partial charge in [-0.3, -0.25) is 0 Å². The van der Waals surface area contributed by atoms with E-state index in [1.165, 1.54) is 6.42 Å². The van der Waals surface area contributed by atoms with Crippen molar-refractivity contribution in [2.75, 3.05) is 31.1 Å². The van der Waals surface area contributed by atoms with Crippen molar-refractivity contribution < 1.29 is 0 Å². The SMILES string of the molecule is CC(C)(C)n1ncc2c(N3CC4(CCNC4)C3)ncnc21. The van der Waals surface area contributed by atoms with Crippen molar-refractivity contribution in [3.63, 3.8) is 0 Å². The second-order valence-electron chi connectivity index (χ2n) is 7.44. The Morgan fingerprint density at radius 2 is 2.05 bits per heavy atom. The number of anilines is 1. The highest BCUT2D eigenvalue weighted by atomic mass is 15.3. The molecule has 2 aliphatic rings. The smallest absolute Gasteiger partial charge is 0.163 e. The average molecular weight is 286 g/mol. The van der Waals surface area contributed by atoms with E-state index in [-0.39, 0.29) is 5.54 Å². The highest BCUT2D eigenvalue weighted by molar-refractivity contribution is 5.87. The van der Waals surface area contributed by atoms with Crippen LogP contribution >= 0.6 is 0 Å². The molecule has 4 rings (SSSR count). The minimum Gasteiger partial charge on any atom is -0.355 e. The minimum atomic E-state index is -0.0705. The summed E-state index contributed by atoms with van der Waals surface area (Å²) in [5.74, 6) is 1.04. The van der Waals surface area contributed by atoms with Gasteiger partial charge in [0.15, 0.2) is 5.65 Å². The average Bonchev–Trinajstić information content (AvgIpc) is 3.02. The lowest BCUT2D eigenvalue weighted by molar-refractivity contribution is 0.242. The van der Waals surface area contributed by atoms with Crippen LogP contribution in [0.5, 0.6) is 0 Å². The Balaban J connectivity index is 1.69. The maximum absolute atomic E-state index is 4.53. The van der Waals surface area contributed by atoms with Crippen molar-refractivity contribution >= 4 is 16.9 Å². The van der Waals surface area contributed by atoms with Gasteiger partial charge < -0.3 is 10.2 Å². The molecule has 2 aromatic heterocycles. The molecule has 112 valence electrons. The molecule has 0 bridgehead atoms. The molecule has 0 saturated carbocycles. The molecule has 0 unspecified atom stereocenters. The molecule has 2 aromatic rings. The monoisotopic (exact) mass is 286 g/mol. The summed E-state index contributed by atoms with van der Waals surface area (Å²) in [6.45, 7) is 10.9. The van der Waals surface area contributed by atoms with Gasteiger partial charge in [0.25, 0.3) is 0 Å². The molecule has 6 nitrogen and oxygen atoms in total. The fourth-order valence-corrected chi connectivity index (χ4v) is 3.55. The van der Waals surface area contributed by atoms with Crippen LogP contribution < -0.4 is 10.2 Å². The second-order valence-corrected chi connectivity index (χ2v) is 7.44. The topological polar surface area (TPSA) is 58.9 Å². The first-order valence-corrected chi connectivity index (χ1v) is 7.64. The van der Waals surface area contributed by atoms with Crippen molar-refractivity contribution in [3.05, 3.63) is 12.5 Å². The Hall–Kier alpha value is -1.69. The summed E-state index contributed by atoms with van der Waals surface area (Å²) in [6.07, 6.45) is 4.85. The molecule has 0 amide bonds. The highest BCUT2D eigenvalue weighted by Crippen LogP contribution is 2.40. The predicted molar refractivity (Wildman–Crippen MR) is 82.5 cm³/mol. The summed E-state index contributed by atoms with van der Waals surface area (Å²) < 4.78 is 1.99. The summed E-state index contributed by atoms with van der Waals surface area (Å²) >= 11 is 0. The third-order valence-corrected chi connectivity index (χ3v) is 4.66. The molecular formula is C15H22N6. The second kappa shape index (κ2) is 4.16. The van der Waals surface area contributed by atoms with Gasteiger partial charge in [0.05, 0.1) is 17.1 Å². The number of hydrogen-bond donors (Lipinski definition) is 1. The van der Waals surface area contributed by atoms with E-state index >= 15 is 0 Å². The van der Waals surface area contributed by atoms with Gasteiger partial charge in [-0.2, -0.15) is 5.10 Å². The van der Waals surface area contributed by atoms with Gasteiger partial charge in [-0.1, -0.05) is 0 Å². The number of aromatic nitrogens is 4. The van der Waals surface area contributed by atoms with Gasteiger partial charge in [0.2, 0.25) is 0 Å². The number of fused-ring (bicyclic) bond motifs is 1. The summed E-state index contributed by atoms with van der Waals surface area (Å²) in [7, 11) is 0. The lowest BCUT2D eigenvalue weighted by Gasteiger charge is -2.48. The molecule has 2 fully saturated rings. The summed E-state index contributed by atoms with van der Waals surface area (Å²) in [5.41, 5.74) is 1.33. The normalized spacial score (nSPS) is 21.2. The number of hydrogen-bond acceptors (Lipinski definition) is 5. The zero-order valence-electron chi connectivity index (χ0n) is 12.9. The Labute approximate surface area is 124 Å². The van der Waals surface area contributed by atoms with E-state index in [4.69, 9.17) is 0 Å². The molecule has 2 saturated heterocycles. The van der Waals surface area contributed by atoms with E-state index in [1.54, 1.807) is 6.33 Å². The zero-order valence-corrected chi connectivity index (χ0v) is 12.9. The molecule has 6 heteroatoms. The molecule has 0 radical (unpaired) electrons. The van der Waals surface area contributed by atoms with Crippen molar-refractivity contribution in [3.8, 4) is 0 Å². The van der Waals surface area contributed by atoms with Gasteiger partial charge in [-0.05, 0) is 33.7 Å². The first-order valence-electron chi connectivity index (χ1n) is 7.64. The van der Waals surface area contributed by atoms with Crippen molar-refractivity contribution in [1.29, 1.82) is 0 Å². The number of nitrogens with one attached hydrogen (secondary N) is 1. The third kappa shape index (κ3) is 1.92. The zero-order chi connectivity index (χ0) is 14.7. The molecule has 1 spiro atoms. The Kier molecular flexibility index (Phi) is 2.58. The third-order valence-electron chi connectivity index (χ3n) is 4.66. The van der Waals surface area contributed by atoms with Crippen LogP contribution in [0, 0.1) is 5.41 Å². The molecular weight excluding hydrogens is 264 g/mol. The van der Waals surface area contributed by atoms with E-state index < -0.39 is 0 Å². The van der Waals surface area contributed by atoms with E-state index in [2.05, 4.69) is 46.1 Å². The van der Waals surface area contributed by atoms with Gasteiger partial charge in [0.1, 0.15) is 12.1 Å². The number of rotatable bonds is 1. The summed E-state index contributed by atoms with van der Waals surface area (Å²) in [4.78, 5) is 11.3. The lowest BCUT2D eigenvalue weighted by atomic mass is 9.79. The molecule has 21 heavy (non-hydrogen) atoms. The van der Waals surface area contributed by atoms with Crippen molar-refractivity contribution in [2.24, 2.45) is 5.41 Å². The first-order chi connectivity index (χ1) is 9.99. The van der Waals surface area contributed by atoms with E-state index in [0.29, 0.717) is 5.41 Å². The van der Waals surface area contributed by atoms with Crippen LogP contribution in [-0.2, 0) is 5.54 Å². The van der Waals surface area contributed by atoms with Crippen molar-refractivity contribution in [1.82, 2.24) is 25.1 Å². The lowest BCUT2D eigenvalue weighted by Crippen LogP contribution is -2.57. The molecule has 2 aliphatic heterocycles. The van der Waals surface area contributed by atoms with Crippen LogP contribution in [0.15, 0.2) is 12.5 Å². The van der Waals surface area contributed by atoms with E-state index in [1.807, 2.05) is 10.9 Å². The molecule has 1 N–H and O–H groups in total. The molecule has 0 aromatic carbocycles. The van der Waals surface area contributed by atoms with Crippen LogP contribution in [0.2, 0.25) is 0 Å². The maximum Gasteiger partial charge on any atom is 0.163 e. The Bertz CT molecular complexity index is 669. The Morgan fingerprint density at radius 1 is 1.24 bits per heavy atom. The minimum absolute atomic E-state index is 0.0705. The predicted octanol–water partition coefficient (Wildman–Crippen LogP) is 1.38. The van der Waals surface area contributed by atoms with Crippen molar-refractivity contribution in [2.45, 2.75) is 32.7 Å². The van der Waals surface area contributed by atoms with Crippen LogP contribution in [0.1, 0.15) is 27.2 Å². The summed E-state index contributed by atoms with van der Waals surface area (Å²) in [5, 5.41) is 9.07. The van der Waals surface area contributed by atoms with Crippen LogP contribution in [0.4, 0.5) is 5.82 Å². The largest absolute Gasteiger partial charge is 0.355 e. The fraction of sp³-hybridized carbons (Fsp3) is 0.667. The maximum atomic E-state index is 4.53. The fourth-order valence-electron chi connectivity index (χ4n) is 3.55. The molecule has 0 aliphatic carbocycles. The van der Waals surface area contributed by atoms with E-state index in [9.17, 15) is 0 Å². The van der Waals surface area contributed by atoms with Gasteiger partial charge >= 0.3 is 0 Å². The summed E-state index contributed by atoms with van der Waals surface area (Å²) in [6, 6.07) is 0. The van der Waals surface area contributed by atoms with Gasteiger partial charge in [-0.15, -0.1) is 0 Å². The van der Waals surface area contributed by atoms with Gasteiger partial charge in [0, 0.05) is 25.0 Å². The van der Waals surface area contributed by atoms with E-state index in [0.717, 1.165) is 43.0 Å². The van der Waals surface area contributed by atoms with Crippen LogP contribution in [0.3, 0.4) is 0 Å². The molecule has 4 heterocycles. The number of nitrogens with zero attached hydrogens (tertiary/aromatic N) is 5. The first kappa shape index (κ1) is 13.0. The van der Waals surface area contributed by atoms with Gasteiger partial charge in [-0.25, -0.2) is 14.6 Å². The highest BCUT2D eigenvalue weighted by Gasteiger charge is 2.45. The Morgan fingerprint density at radius 3 is 2.71 bits per heavy atom. The quantitative estimate of drug-likeness (QED) is 0.858. The standard InChI is InChI=1S/C15H22N6/c1-14(2,3)21-13-11(6-19-21)12(17-10-18-13)20-8-15(9-20)4-5-16-7-15/h6,10,16H,4-5,7-9H2,1-3H3.